The van der Waals surface area contributed by atoms with Gasteiger partial charge in [-0.15, -0.1) is 12.4 Å². The number of piperidine rings is 2. The number of halogens is 1. The van der Waals surface area contributed by atoms with E-state index >= 15 is 0 Å². The zero-order valence-corrected chi connectivity index (χ0v) is 16.7. The number of rotatable bonds is 4. The zero-order valence-electron chi connectivity index (χ0n) is 15.9. The number of aromatic nitrogens is 4. The van der Waals surface area contributed by atoms with Crippen molar-refractivity contribution in [2.24, 2.45) is 0 Å². The molecule has 2 aliphatic rings. The minimum Gasteiger partial charge on any atom is -0.335 e. The maximum Gasteiger partial charge on any atom is 0.274 e. The molecule has 7 nitrogen and oxygen atoms in total. The number of hydrogen-bond acceptors (Lipinski definition) is 4. The normalized spacial score (nSPS) is 23.1. The van der Waals surface area contributed by atoms with Gasteiger partial charge in [-0.05, 0) is 38.3 Å². The molecule has 148 valence electrons. The molecule has 0 saturated carbocycles. The lowest BCUT2D eigenvalue weighted by Gasteiger charge is -2.33. The molecular weight excluding hydrogens is 364 g/mol. The third-order valence-corrected chi connectivity index (χ3v) is 5.61. The third-order valence-electron chi connectivity index (χ3n) is 5.61. The minimum absolute atomic E-state index is 0. The number of likely N-dealkylation sites (tertiary alicyclic amines) is 1. The van der Waals surface area contributed by atoms with Crippen molar-refractivity contribution in [3.63, 3.8) is 0 Å². The van der Waals surface area contributed by atoms with Crippen LogP contribution in [0.4, 0.5) is 0 Å². The fourth-order valence-electron chi connectivity index (χ4n) is 4.19. The van der Waals surface area contributed by atoms with Gasteiger partial charge in [0.15, 0.2) is 0 Å². The lowest BCUT2D eigenvalue weighted by atomic mass is 10.0. The first kappa shape index (κ1) is 19.9. The van der Waals surface area contributed by atoms with Crippen molar-refractivity contribution in [2.75, 3.05) is 26.2 Å². The molecule has 4 heterocycles. The first-order chi connectivity index (χ1) is 12.8. The number of carbonyl (C=O) groups is 1. The van der Waals surface area contributed by atoms with Gasteiger partial charge in [-0.2, -0.15) is 5.10 Å². The van der Waals surface area contributed by atoms with E-state index in [-0.39, 0.29) is 18.3 Å². The Labute approximate surface area is 166 Å². The smallest absolute Gasteiger partial charge is 0.274 e. The molecule has 1 N–H and O–H groups in total. The average molecular weight is 393 g/mol. The van der Waals surface area contributed by atoms with Crippen molar-refractivity contribution in [2.45, 2.75) is 51.1 Å². The van der Waals surface area contributed by atoms with Crippen LogP contribution in [-0.4, -0.2) is 56.3 Å². The number of nitrogens with zero attached hydrogens (tertiary/aromatic N) is 5. The zero-order chi connectivity index (χ0) is 17.9. The summed E-state index contributed by atoms with van der Waals surface area (Å²) < 4.78 is 4.21. The van der Waals surface area contributed by atoms with E-state index in [0.29, 0.717) is 17.8 Å². The number of hydrogen-bond donors (Lipinski definition) is 1. The van der Waals surface area contributed by atoms with Crippen LogP contribution in [0.15, 0.2) is 24.7 Å². The van der Waals surface area contributed by atoms with Crippen LogP contribution >= 0.6 is 12.4 Å². The Hall–Kier alpha value is -1.86. The minimum atomic E-state index is 0. The van der Waals surface area contributed by atoms with Gasteiger partial charge in [-0.3, -0.25) is 9.48 Å². The van der Waals surface area contributed by atoms with Crippen molar-refractivity contribution in [1.29, 1.82) is 0 Å². The highest BCUT2D eigenvalue weighted by atomic mass is 35.5. The molecule has 0 aromatic carbocycles. The first-order valence-corrected chi connectivity index (χ1v) is 9.83. The molecular formula is C19H29ClN6O. The molecule has 0 aliphatic carbocycles. The van der Waals surface area contributed by atoms with Crippen molar-refractivity contribution in [3.05, 3.63) is 36.2 Å². The van der Waals surface area contributed by atoms with Gasteiger partial charge in [0.2, 0.25) is 0 Å². The predicted molar refractivity (Wildman–Crippen MR) is 106 cm³/mol. The molecule has 2 fully saturated rings. The standard InChI is InChI=1S/C19H28N6O.ClH/c1-2-18-21-9-12-24(18)16-6-4-10-23(14-16)19(26)17-7-11-25(22-17)15-5-3-8-20-13-15;/h7,9,11-12,15-16,20H,2-6,8,10,13-14H2,1H3;1H. The predicted octanol–water partition coefficient (Wildman–Crippen LogP) is 2.47. The molecule has 8 heteroatoms. The fraction of sp³-hybridized carbons (Fsp3) is 0.632. The summed E-state index contributed by atoms with van der Waals surface area (Å²) >= 11 is 0. The molecule has 0 bridgehead atoms. The van der Waals surface area contributed by atoms with E-state index in [4.69, 9.17) is 0 Å². The van der Waals surface area contributed by atoms with Crippen molar-refractivity contribution in [3.8, 4) is 0 Å². The highest BCUT2D eigenvalue weighted by molar-refractivity contribution is 5.92. The fourth-order valence-corrected chi connectivity index (χ4v) is 4.19. The summed E-state index contributed by atoms with van der Waals surface area (Å²) in [5.41, 5.74) is 0.567. The van der Waals surface area contributed by atoms with E-state index in [1.165, 1.54) is 0 Å². The summed E-state index contributed by atoms with van der Waals surface area (Å²) in [6.45, 7) is 5.68. The summed E-state index contributed by atoms with van der Waals surface area (Å²) in [4.78, 5) is 19.4. The highest BCUT2D eigenvalue weighted by Crippen LogP contribution is 2.24. The van der Waals surface area contributed by atoms with E-state index in [0.717, 1.165) is 64.1 Å². The Kier molecular flexibility index (Phi) is 6.55. The summed E-state index contributed by atoms with van der Waals surface area (Å²) in [6.07, 6.45) is 11.2. The number of carbonyl (C=O) groups excluding carboxylic acids is 1. The third kappa shape index (κ3) is 4.19. The number of nitrogens with one attached hydrogen (secondary N) is 1. The van der Waals surface area contributed by atoms with E-state index < -0.39 is 0 Å². The maximum absolute atomic E-state index is 13.0. The van der Waals surface area contributed by atoms with Crippen LogP contribution in [-0.2, 0) is 6.42 Å². The second kappa shape index (κ2) is 8.89. The second-order valence-corrected chi connectivity index (χ2v) is 7.33. The maximum atomic E-state index is 13.0. The summed E-state index contributed by atoms with van der Waals surface area (Å²) in [5, 5.41) is 8.00. The molecule has 1 amide bonds. The molecule has 2 unspecified atom stereocenters. The number of imidazole rings is 1. The van der Waals surface area contributed by atoms with E-state index in [2.05, 4.69) is 26.9 Å². The Balaban J connectivity index is 0.00000210. The molecule has 2 atom stereocenters. The molecule has 0 radical (unpaired) electrons. The lowest BCUT2D eigenvalue weighted by molar-refractivity contribution is 0.0670. The van der Waals surface area contributed by atoms with Crippen molar-refractivity contribution in [1.82, 2.24) is 29.5 Å². The highest BCUT2D eigenvalue weighted by Gasteiger charge is 2.28. The van der Waals surface area contributed by atoms with Crippen LogP contribution in [0.3, 0.4) is 0 Å². The molecule has 27 heavy (non-hydrogen) atoms. The molecule has 2 saturated heterocycles. The Bertz CT molecular complexity index is 751. The monoisotopic (exact) mass is 392 g/mol. The van der Waals surface area contributed by atoms with Gasteiger partial charge >= 0.3 is 0 Å². The van der Waals surface area contributed by atoms with Crippen molar-refractivity contribution < 1.29 is 4.79 Å². The van der Waals surface area contributed by atoms with Crippen LogP contribution in [0.25, 0.3) is 0 Å². The Morgan fingerprint density at radius 3 is 2.89 bits per heavy atom. The van der Waals surface area contributed by atoms with Gasteiger partial charge in [-0.25, -0.2) is 4.98 Å². The van der Waals surface area contributed by atoms with Gasteiger partial charge in [0.1, 0.15) is 11.5 Å². The Morgan fingerprint density at radius 2 is 2.11 bits per heavy atom. The van der Waals surface area contributed by atoms with Crippen LogP contribution in [0.5, 0.6) is 0 Å². The van der Waals surface area contributed by atoms with Crippen LogP contribution in [0.2, 0.25) is 0 Å². The Morgan fingerprint density at radius 1 is 1.26 bits per heavy atom. The number of aryl methyl sites for hydroxylation is 1. The molecule has 2 aromatic heterocycles. The van der Waals surface area contributed by atoms with Crippen LogP contribution in [0.1, 0.15) is 61.0 Å². The quantitative estimate of drug-likeness (QED) is 0.867. The number of amides is 1. The molecule has 4 rings (SSSR count). The van der Waals surface area contributed by atoms with Gasteiger partial charge in [0.25, 0.3) is 5.91 Å². The SMILES string of the molecule is CCc1nccn1C1CCCN(C(=O)c2ccn(C3CCCNC3)n2)C1.Cl. The van der Waals surface area contributed by atoms with Gasteiger partial charge < -0.3 is 14.8 Å². The van der Waals surface area contributed by atoms with E-state index in [1.54, 1.807) is 0 Å². The van der Waals surface area contributed by atoms with E-state index in [9.17, 15) is 4.79 Å². The molecule has 0 spiro atoms. The van der Waals surface area contributed by atoms with Gasteiger partial charge in [0.05, 0.1) is 12.1 Å². The van der Waals surface area contributed by atoms with Gasteiger partial charge in [0, 0.05) is 44.6 Å². The first-order valence-electron chi connectivity index (χ1n) is 9.83. The second-order valence-electron chi connectivity index (χ2n) is 7.33. The van der Waals surface area contributed by atoms with Crippen LogP contribution in [0, 0.1) is 0 Å². The summed E-state index contributed by atoms with van der Waals surface area (Å²) in [6, 6.07) is 2.54. The molecule has 2 aliphatic heterocycles. The van der Waals surface area contributed by atoms with Crippen molar-refractivity contribution >= 4 is 18.3 Å². The average Bonchev–Trinajstić information content (AvgIpc) is 3.37. The molecule has 2 aromatic rings. The largest absolute Gasteiger partial charge is 0.335 e. The van der Waals surface area contributed by atoms with Crippen LogP contribution < -0.4 is 5.32 Å². The van der Waals surface area contributed by atoms with E-state index in [1.807, 2.05) is 34.2 Å². The topological polar surface area (TPSA) is 68.0 Å². The lowest BCUT2D eigenvalue weighted by Crippen LogP contribution is -2.41. The summed E-state index contributed by atoms with van der Waals surface area (Å²) in [5.74, 6) is 1.15. The summed E-state index contributed by atoms with van der Waals surface area (Å²) in [7, 11) is 0. The van der Waals surface area contributed by atoms with Gasteiger partial charge in [-0.1, -0.05) is 6.92 Å².